The van der Waals surface area contributed by atoms with Crippen molar-refractivity contribution in [1.29, 1.82) is 0 Å². The normalized spacial score (nSPS) is 12.3. The summed E-state index contributed by atoms with van der Waals surface area (Å²) in [4.78, 5) is 36.7. The molecule has 0 saturated carbocycles. The zero-order valence-electron chi connectivity index (χ0n) is 15.0. The van der Waals surface area contributed by atoms with E-state index in [0.29, 0.717) is 20.5 Å². The van der Waals surface area contributed by atoms with Gasteiger partial charge in [0.1, 0.15) is 4.88 Å². The van der Waals surface area contributed by atoms with Gasteiger partial charge < -0.3 is 10.1 Å². The van der Waals surface area contributed by atoms with E-state index in [0.717, 1.165) is 11.3 Å². The number of ketones is 1. The maximum absolute atomic E-state index is 12.4. The van der Waals surface area contributed by atoms with Crippen molar-refractivity contribution in [2.24, 2.45) is 5.41 Å². The Morgan fingerprint density at radius 2 is 1.69 bits per heavy atom. The fraction of sp³-hybridized carbons (Fsp3) is 0.316. The summed E-state index contributed by atoms with van der Waals surface area (Å²) in [6.45, 7) is 6.97. The number of hydrogen-bond acceptors (Lipinski definition) is 5. The average molecular weight is 394 g/mol. The predicted molar refractivity (Wildman–Crippen MR) is 103 cm³/mol. The van der Waals surface area contributed by atoms with Crippen LogP contribution in [0.15, 0.2) is 36.4 Å². The van der Waals surface area contributed by atoms with Gasteiger partial charge in [-0.25, -0.2) is 4.79 Å². The Balaban J connectivity index is 2.00. The van der Waals surface area contributed by atoms with Gasteiger partial charge in [-0.05, 0) is 43.3 Å². The largest absolute Gasteiger partial charge is 0.450 e. The molecule has 0 radical (unpaired) electrons. The highest BCUT2D eigenvalue weighted by atomic mass is 35.5. The monoisotopic (exact) mass is 393 g/mol. The minimum Gasteiger partial charge on any atom is -0.450 e. The first kappa shape index (κ1) is 20.1. The third-order valence-electron chi connectivity index (χ3n) is 3.54. The standard InChI is InChI=1S/C19H20ClNO4S/c1-11(25-17(23)14-9-10-15(20)26-14)16(22)12-5-7-13(8-6-12)21-18(24)19(2,3)4/h5-11H,1-4H3,(H,21,24)/t11-/m1/s1. The summed E-state index contributed by atoms with van der Waals surface area (Å²) in [5, 5.41) is 2.79. The van der Waals surface area contributed by atoms with Crippen molar-refractivity contribution >= 4 is 46.3 Å². The molecule has 2 aromatic rings. The highest BCUT2D eigenvalue weighted by Crippen LogP contribution is 2.23. The lowest BCUT2D eigenvalue weighted by Crippen LogP contribution is -2.27. The molecule has 7 heteroatoms. The number of benzene rings is 1. The van der Waals surface area contributed by atoms with E-state index in [-0.39, 0.29) is 11.7 Å². The first-order valence-electron chi connectivity index (χ1n) is 8.00. The molecular formula is C19H20ClNO4S. The Bertz CT molecular complexity index is 821. The van der Waals surface area contributed by atoms with E-state index in [2.05, 4.69) is 5.32 Å². The number of halogens is 1. The number of Topliss-reactive ketones (excluding diaryl/α,β-unsaturated/α-hetero) is 1. The minimum absolute atomic E-state index is 0.117. The van der Waals surface area contributed by atoms with E-state index in [1.807, 2.05) is 20.8 Å². The van der Waals surface area contributed by atoms with Crippen molar-refractivity contribution in [1.82, 2.24) is 0 Å². The molecule has 0 aliphatic carbocycles. The molecule has 1 amide bonds. The zero-order valence-corrected chi connectivity index (χ0v) is 16.5. The van der Waals surface area contributed by atoms with Gasteiger partial charge in [0.2, 0.25) is 11.7 Å². The first-order chi connectivity index (χ1) is 12.1. The van der Waals surface area contributed by atoms with Crippen LogP contribution in [0.5, 0.6) is 0 Å². The molecule has 5 nitrogen and oxygen atoms in total. The molecule has 26 heavy (non-hydrogen) atoms. The fourth-order valence-corrected chi connectivity index (χ4v) is 2.89. The number of amides is 1. The highest BCUT2D eigenvalue weighted by Gasteiger charge is 2.23. The van der Waals surface area contributed by atoms with Crippen LogP contribution in [0.4, 0.5) is 5.69 Å². The van der Waals surface area contributed by atoms with Crippen molar-refractivity contribution in [3.63, 3.8) is 0 Å². The number of carbonyl (C=O) groups is 3. The summed E-state index contributed by atoms with van der Waals surface area (Å²) in [7, 11) is 0. The molecule has 0 aliphatic rings. The lowest BCUT2D eigenvalue weighted by molar-refractivity contribution is -0.123. The predicted octanol–water partition coefficient (Wildman–Crippen LogP) is 4.81. The van der Waals surface area contributed by atoms with Gasteiger partial charge in [-0.2, -0.15) is 0 Å². The Morgan fingerprint density at radius 1 is 1.08 bits per heavy atom. The molecule has 0 saturated heterocycles. The third-order valence-corrected chi connectivity index (χ3v) is 4.75. The van der Waals surface area contributed by atoms with Gasteiger partial charge >= 0.3 is 5.97 Å². The molecule has 1 aromatic carbocycles. The Labute approximate surface area is 161 Å². The van der Waals surface area contributed by atoms with Crippen LogP contribution in [0.2, 0.25) is 4.34 Å². The topological polar surface area (TPSA) is 72.5 Å². The van der Waals surface area contributed by atoms with Crippen molar-refractivity contribution < 1.29 is 19.1 Å². The van der Waals surface area contributed by atoms with Crippen LogP contribution < -0.4 is 5.32 Å². The molecule has 0 fully saturated rings. The summed E-state index contributed by atoms with van der Waals surface area (Å²) in [5.74, 6) is -1.03. The number of anilines is 1. The van der Waals surface area contributed by atoms with Gasteiger partial charge in [0, 0.05) is 16.7 Å². The van der Waals surface area contributed by atoms with Crippen molar-refractivity contribution in [2.45, 2.75) is 33.8 Å². The number of nitrogens with one attached hydrogen (secondary N) is 1. The molecular weight excluding hydrogens is 374 g/mol. The summed E-state index contributed by atoms with van der Waals surface area (Å²) < 4.78 is 5.67. The van der Waals surface area contributed by atoms with Crippen molar-refractivity contribution in [3.8, 4) is 0 Å². The second kappa shape index (κ2) is 8.01. The molecule has 1 heterocycles. The van der Waals surface area contributed by atoms with Crippen LogP contribution >= 0.6 is 22.9 Å². The number of carbonyl (C=O) groups excluding carboxylic acids is 3. The van der Waals surface area contributed by atoms with Gasteiger partial charge in [0.25, 0.3) is 0 Å². The molecule has 0 bridgehead atoms. The smallest absolute Gasteiger partial charge is 0.349 e. The lowest BCUT2D eigenvalue weighted by atomic mass is 9.95. The number of esters is 1. The van der Waals surface area contributed by atoms with Crippen LogP contribution in [0.1, 0.15) is 47.7 Å². The number of ether oxygens (including phenoxy) is 1. The van der Waals surface area contributed by atoms with E-state index < -0.39 is 17.5 Å². The van der Waals surface area contributed by atoms with Gasteiger partial charge in [-0.3, -0.25) is 9.59 Å². The lowest BCUT2D eigenvalue weighted by Gasteiger charge is -2.18. The van der Waals surface area contributed by atoms with Crippen molar-refractivity contribution in [3.05, 3.63) is 51.2 Å². The molecule has 1 N–H and O–H groups in total. The molecule has 138 valence electrons. The first-order valence-corrected chi connectivity index (χ1v) is 9.19. The van der Waals surface area contributed by atoms with Crippen LogP contribution in [-0.4, -0.2) is 23.8 Å². The molecule has 0 unspecified atom stereocenters. The molecule has 1 aromatic heterocycles. The van der Waals surface area contributed by atoms with E-state index in [4.69, 9.17) is 16.3 Å². The molecule has 1 atom stereocenters. The Kier molecular flexibility index (Phi) is 6.21. The maximum atomic E-state index is 12.4. The summed E-state index contributed by atoms with van der Waals surface area (Å²) in [6, 6.07) is 9.62. The van der Waals surface area contributed by atoms with Crippen molar-refractivity contribution in [2.75, 3.05) is 5.32 Å². The minimum atomic E-state index is -0.932. The Morgan fingerprint density at radius 3 is 2.19 bits per heavy atom. The zero-order chi connectivity index (χ0) is 19.5. The number of rotatable bonds is 5. The van der Waals surface area contributed by atoms with E-state index in [1.54, 1.807) is 36.4 Å². The Hall–Kier alpha value is -2.18. The second-order valence-corrected chi connectivity index (χ2v) is 8.51. The average Bonchev–Trinajstić information content (AvgIpc) is 3.00. The molecule has 2 rings (SSSR count). The van der Waals surface area contributed by atoms with Crippen LogP contribution in [-0.2, 0) is 9.53 Å². The maximum Gasteiger partial charge on any atom is 0.349 e. The van der Waals surface area contributed by atoms with E-state index in [1.165, 1.54) is 6.92 Å². The fourth-order valence-electron chi connectivity index (χ4n) is 1.97. The van der Waals surface area contributed by atoms with Gasteiger partial charge in [0.05, 0.1) is 4.34 Å². The van der Waals surface area contributed by atoms with E-state index >= 15 is 0 Å². The van der Waals surface area contributed by atoms with Crippen LogP contribution in [0, 0.1) is 5.41 Å². The van der Waals surface area contributed by atoms with Gasteiger partial charge in [0.15, 0.2) is 6.10 Å². The third kappa shape index (κ3) is 5.16. The van der Waals surface area contributed by atoms with E-state index in [9.17, 15) is 14.4 Å². The summed E-state index contributed by atoms with van der Waals surface area (Å²) >= 11 is 6.89. The van der Waals surface area contributed by atoms with Crippen LogP contribution in [0.3, 0.4) is 0 Å². The molecule has 0 spiro atoms. The van der Waals surface area contributed by atoms with Crippen LogP contribution in [0.25, 0.3) is 0 Å². The second-order valence-electron chi connectivity index (χ2n) is 6.80. The SMILES string of the molecule is C[C@@H](OC(=O)c1ccc(Cl)s1)C(=O)c1ccc(NC(=O)C(C)(C)C)cc1. The highest BCUT2D eigenvalue weighted by molar-refractivity contribution is 7.17. The number of hydrogen-bond donors (Lipinski definition) is 1. The summed E-state index contributed by atoms with van der Waals surface area (Å²) in [6.07, 6.45) is -0.932. The molecule has 0 aliphatic heterocycles. The quantitative estimate of drug-likeness (QED) is 0.584. The number of thiophene rings is 1. The summed E-state index contributed by atoms with van der Waals surface area (Å²) in [5.41, 5.74) is 0.477. The van der Waals surface area contributed by atoms with Gasteiger partial charge in [-0.1, -0.05) is 32.4 Å². The van der Waals surface area contributed by atoms with Gasteiger partial charge in [-0.15, -0.1) is 11.3 Å².